The van der Waals surface area contributed by atoms with Crippen molar-refractivity contribution >= 4 is 6.09 Å². The molecule has 7 nitrogen and oxygen atoms in total. The smallest absolute Gasteiger partial charge is 0.407 e. The molecule has 2 saturated heterocycles. The van der Waals surface area contributed by atoms with E-state index < -0.39 is 0 Å². The number of rotatable bonds is 8. The number of nitrogens with one attached hydrogen (secondary N) is 4. The SMILES string of the molecule is COc1ccc(C[C@H]2NCC[C@H]2OC(=O)NCCN[C@@H]2CCNC2)cc1. The Balaban J connectivity index is 1.37. The summed E-state index contributed by atoms with van der Waals surface area (Å²) in [7, 11) is 1.66. The zero-order chi connectivity index (χ0) is 18.2. The highest BCUT2D eigenvalue weighted by Gasteiger charge is 2.30. The molecule has 0 spiro atoms. The van der Waals surface area contributed by atoms with Crippen molar-refractivity contribution in [3.05, 3.63) is 29.8 Å². The lowest BCUT2D eigenvalue weighted by molar-refractivity contribution is 0.0901. The Bertz CT molecular complexity index is 560. The molecule has 1 aromatic carbocycles. The van der Waals surface area contributed by atoms with Crippen molar-refractivity contribution < 1.29 is 14.3 Å². The summed E-state index contributed by atoms with van der Waals surface area (Å²) >= 11 is 0. The predicted molar refractivity (Wildman–Crippen MR) is 101 cm³/mol. The molecule has 2 fully saturated rings. The van der Waals surface area contributed by atoms with Crippen LogP contribution in [-0.2, 0) is 11.2 Å². The van der Waals surface area contributed by atoms with Gasteiger partial charge in [0.1, 0.15) is 11.9 Å². The Labute approximate surface area is 155 Å². The van der Waals surface area contributed by atoms with E-state index in [4.69, 9.17) is 9.47 Å². The van der Waals surface area contributed by atoms with E-state index in [0.29, 0.717) is 12.6 Å². The van der Waals surface area contributed by atoms with Gasteiger partial charge >= 0.3 is 6.09 Å². The zero-order valence-electron chi connectivity index (χ0n) is 15.4. The van der Waals surface area contributed by atoms with E-state index in [-0.39, 0.29) is 18.2 Å². The summed E-state index contributed by atoms with van der Waals surface area (Å²) in [5.74, 6) is 0.849. The van der Waals surface area contributed by atoms with Gasteiger partial charge in [0.2, 0.25) is 0 Å². The number of methoxy groups -OCH3 is 1. The Morgan fingerprint density at radius 1 is 1.19 bits per heavy atom. The molecule has 0 saturated carbocycles. The molecular weight excluding hydrogens is 332 g/mol. The highest BCUT2D eigenvalue weighted by Crippen LogP contribution is 2.18. The van der Waals surface area contributed by atoms with Crippen molar-refractivity contribution in [2.24, 2.45) is 0 Å². The third kappa shape index (κ3) is 5.59. The average molecular weight is 362 g/mol. The van der Waals surface area contributed by atoms with Crippen LogP contribution < -0.4 is 26.0 Å². The maximum Gasteiger partial charge on any atom is 0.407 e. The molecule has 2 aliphatic heterocycles. The predicted octanol–water partition coefficient (Wildman–Crippen LogP) is 0.646. The van der Waals surface area contributed by atoms with Crippen LogP contribution in [0, 0.1) is 0 Å². The van der Waals surface area contributed by atoms with E-state index in [1.807, 2.05) is 12.1 Å². The Morgan fingerprint density at radius 3 is 2.77 bits per heavy atom. The first-order valence-corrected chi connectivity index (χ1v) is 9.49. The molecule has 0 radical (unpaired) electrons. The Kier molecular flexibility index (Phi) is 7.11. The second-order valence-corrected chi connectivity index (χ2v) is 6.92. The number of ether oxygens (including phenoxy) is 2. The van der Waals surface area contributed by atoms with Gasteiger partial charge in [-0.05, 0) is 50.0 Å². The number of hydrogen-bond donors (Lipinski definition) is 4. The quantitative estimate of drug-likeness (QED) is 0.508. The molecule has 0 unspecified atom stereocenters. The normalized spacial score (nSPS) is 25.2. The van der Waals surface area contributed by atoms with Gasteiger partial charge in [0.15, 0.2) is 0 Å². The maximum atomic E-state index is 12.1. The molecule has 0 bridgehead atoms. The van der Waals surface area contributed by atoms with Gasteiger partial charge in [-0.3, -0.25) is 0 Å². The molecule has 3 rings (SSSR count). The van der Waals surface area contributed by atoms with Gasteiger partial charge in [0, 0.05) is 31.7 Å². The standard InChI is InChI=1S/C19H30N4O3/c1-25-16-4-2-14(3-5-16)12-17-18(7-9-22-17)26-19(24)23-11-10-21-15-6-8-20-13-15/h2-5,15,17-18,20-22H,6-13H2,1H3,(H,23,24)/t15-,17-,18-/m1/s1. The van der Waals surface area contributed by atoms with Crippen LogP contribution in [0.5, 0.6) is 5.75 Å². The minimum absolute atomic E-state index is 0.0934. The molecular formula is C19H30N4O3. The number of carbonyl (C=O) groups excluding carboxylic acids is 1. The summed E-state index contributed by atoms with van der Waals surface area (Å²) in [6.45, 7) is 4.29. The Morgan fingerprint density at radius 2 is 2.04 bits per heavy atom. The largest absolute Gasteiger partial charge is 0.497 e. The summed E-state index contributed by atoms with van der Waals surface area (Å²) in [4.78, 5) is 12.1. The molecule has 2 heterocycles. The van der Waals surface area contributed by atoms with Crippen LogP contribution in [0.4, 0.5) is 4.79 Å². The van der Waals surface area contributed by atoms with Gasteiger partial charge in [0.25, 0.3) is 0 Å². The average Bonchev–Trinajstić information content (AvgIpc) is 3.32. The van der Waals surface area contributed by atoms with Gasteiger partial charge in [-0.2, -0.15) is 0 Å². The topological polar surface area (TPSA) is 83.7 Å². The molecule has 144 valence electrons. The fourth-order valence-corrected chi connectivity index (χ4v) is 3.55. The van der Waals surface area contributed by atoms with Crippen LogP contribution in [0.2, 0.25) is 0 Å². The van der Waals surface area contributed by atoms with Crippen molar-refractivity contribution in [1.82, 2.24) is 21.3 Å². The molecule has 1 amide bonds. The molecule has 26 heavy (non-hydrogen) atoms. The molecule has 7 heteroatoms. The van der Waals surface area contributed by atoms with Crippen molar-refractivity contribution in [3.63, 3.8) is 0 Å². The second-order valence-electron chi connectivity index (χ2n) is 6.92. The van der Waals surface area contributed by atoms with Gasteiger partial charge < -0.3 is 30.7 Å². The van der Waals surface area contributed by atoms with Crippen LogP contribution >= 0.6 is 0 Å². The van der Waals surface area contributed by atoms with Crippen LogP contribution in [0.1, 0.15) is 18.4 Å². The van der Waals surface area contributed by atoms with Crippen LogP contribution in [0.15, 0.2) is 24.3 Å². The molecule has 0 aliphatic carbocycles. The monoisotopic (exact) mass is 362 g/mol. The molecule has 4 N–H and O–H groups in total. The van der Waals surface area contributed by atoms with Crippen molar-refractivity contribution in [3.8, 4) is 5.75 Å². The second kappa shape index (κ2) is 9.75. The summed E-state index contributed by atoms with van der Waals surface area (Å²) < 4.78 is 10.8. The summed E-state index contributed by atoms with van der Waals surface area (Å²) in [6.07, 6.45) is 2.40. The maximum absolute atomic E-state index is 12.1. The van der Waals surface area contributed by atoms with Crippen molar-refractivity contribution in [2.75, 3.05) is 39.8 Å². The van der Waals surface area contributed by atoms with E-state index in [9.17, 15) is 4.79 Å². The minimum atomic E-state index is -0.329. The lowest BCUT2D eigenvalue weighted by atomic mass is 10.0. The van der Waals surface area contributed by atoms with Crippen LogP contribution in [0.25, 0.3) is 0 Å². The van der Waals surface area contributed by atoms with E-state index in [1.54, 1.807) is 7.11 Å². The van der Waals surface area contributed by atoms with Gasteiger partial charge in [-0.15, -0.1) is 0 Å². The van der Waals surface area contributed by atoms with Crippen LogP contribution in [-0.4, -0.2) is 64.1 Å². The van der Waals surface area contributed by atoms with Crippen molar-refractivity contribution in [1.29, 1.82) is 0 Å². The number of hydrogen-bond acceptors (Lipinski definition) is 6. The highest BCUT2D eigenvalue weighted by molar-refractivity contribution is 5.67. The summed E-state index contributed by atoms with van der Waals surface area (Å²) in [6, 6.07) is 8.69. The molecule has 2 aliphatic rings. The van der Waals surface area contributed by atoms with Gasteiger partial charge in [-0.25, -0.2) is 4.79 Å². The van der Waals surface area contributed by atoms with Gasteiger partial charge in [0.05, 0.1) is 7.11 Å². The number of carbonyl (C=O) groups is 1. The number of benzene rings is 1. The lowest BCUT2D eigenvalue weighted by Gasteiger charge is -2.20. The van der Waals surface area contributed by atoms with Crippen LogP contribution in [0.3, 0.4) is 0 Å². The minimum Gasteiger partial charge on any atom is -0.497 e. The third-order valence-corrected chi connectivity index (χ3v) is 5.04. The molecule has 1 aromatic rings. The van der Waals surface area contributed by atoms with E-state index in [0.717, 1.165) is 51.2 Å². The van der Waals surface area contributed by atoms with E-state index in [1.165, 1.54) is 5.56 Å². The van der Waals surface area contributed by atoms with Gasteiger partial charge in [-0.1, -0.05) is 12.1 Å². The third-order valence-electron chi connectivity index (χ3n) is 5.04. The fraction of sp³-hybridized carbons (Fsp3) is 0.632. The summed E-state index contributed by atoms with van der Waals surface area (Å²) in [5, 5.41) is 13.0. The Hall–Kier alpha value is -1.83. The first-order valence-electron chi connectivity index (χ1n) is 9.49. The summed E-state index contributed by atoms with van der Waals surface area (Å²) in [5.41, 5.74) is 1.20. The van der Waals surface area contributed by atoms with Crippen molar-refractivity contribution in [2.45, 2.75) is 37.5 Å². The lowest BCUT2D eigenvalue weighted by Crippen LogP contribution is -2.41. The first kappa shape index (κ1) is 18.9. The highest BCUT2D eigenvalue weighted by atomic mass is 16.6. The zero-order valence-corrected chi connectivity index (χ0v) is 15.4. The van der Waals surface area contributed by atoms with E-state index >= 15 is 0 Å². The molecule has 0 aromatic heterocycles. The fourth-order valence-electron chi connectivity index (χ4n) is 3.55. The van der Waals surface area contributed by atoms with E-state index in [2.05, 4.69) is 33.4 Å². The number of amides is 1. The first-order chi connectivity index (χ1) is 12.7. The number of alkyl carbamates (subject to hydrolysis) is 1. The molecule has 3 atom stereocenters.